The van der Waals surface area contributed by atoms with Crippen LogP contribution in [0.2, 0.25) is 5.02 Å². The van der Waals surface area contributed by atoms with E-state index in [-0.39, 0.29) is 11.9 Å². The lowest BCUT2D eigenvalue weighted by Gasteiger charge is -2.19. The van der Waals surface area contributed by atoms with E-state index in [1.165, 1.54) is 12.4 Å². The van der Waals surface area contributed by atoms with Gasteiger partial charge in [0.05, 0.1) is 16.7 Å². The van der Waals surface area contributed by atoms with Crippen LogP contribution in [0.3, 0.4) is 0 Å². The monoisotopic (exact) mass is 235 g/mol. The van der Waals surface area contributed by atoms with Gasteiger partial charge in [0.25, 0.3) is 5.91 Å². The van der Waals surface area contributed by atoms with Gasteiger partial charge in [-0.15, -0.1) is 0 Å². The summed E-state index contributed by atoms with van der Waals surface area (Å²) in [6.45, 7) is 0.621. The number of aromatic nitrogens is 1. The zero-order valence-corrected chi connectivity index (χ0v) is 9.31. The summed E-state index contributed by atoms with van der Waals surface area (Å²) in [4.78, 5) is 17.5. The van der Waals surface area contributed by atoms with Gasteiger partial charge in [-0.25, -0.2) is 0 Å². The second-order valence-electron chi connectivity index (χ2n) is 3.64. The van der Waals surface area contributed by atoms with Crippen LogP contribution in [-0.2, 0) is 0 Å². The predicted molar refractivity (Wildman–Crippen MR) is 58.9 cm³/mol. The van der Waals surface area contributed by atoms with E-state index in [4.69, 9.17) is 16.9 Å². The molecule has 16 heavy (non-hydrogen) atoms. The van der Waals surface area contributed by atoms with Crippen LogP contribution >= 0.6 is 11.6 Å². The molecule has 1 aliphatic heterocycles. The third-order valence-corrected chi connectivity index (χ3v) is 2.97. The Morgan fingerprint density at radius 1 is 1.69 bits per heavy atom. The van der Waals surface area contributed by atoms with Gasteiger partial charge in [0, 0.05) is 18.9 Å². The van der Waals surface area contributed by atoms with E-state index < -0.39 is 0 Å². The van der Waals surface area contributed by atoms with Crippen LogP contribution in [0.15, 0.2) is 18.5 Å². The summed E-state index contributed by atoms with van der Waals surface area (Å²) < 4.78 is 0. The Labute approximate surface area is 98.5 Å². The molecule has 1 amide bonds. The maximum absolute atomic E-state index is 12.1. The summed E-state index contributed by atoms with van der Waals surface area (Å²) in [7, 11) is 0. The normalized spacial score (nSPS) is 19.5. The van der Waals surface area contributed by atoms with E-state index >= 15 is 0 Å². The van der Waals surface area contributed by atoms with E-state index in [0.717, 1.165) is 12.8 Å². The van der Waals surface area contributed by atoms with Crippen LogP contribution < -0.4 is 0 Å². The number of carbonyl (C=O) groups excluding carboxylic acids is 1. The van der Waals surface area contributed by atoms with Gasteiger partial charge >= 0.3 is 0 Å². The molecular weight excluding hydrogens is 226 g/mol. The van der Waals surface area contributed by atoms with Crippen LogP contribution in [0, 0.1) is 11.3 Å². The molecule has 1 aromatic rings. The number of likely N-dealkylation sites (tertiary alicyclic amines) is 1. The minimum atomic E-state index is -0.322. The number of halogens is 1. The number of nitriles is 1. The maximum atomic E-state index is 12.1. The third-order valence-electron chi connectivity index (χ3n) is 2.67. The molecule has 5 heteroatoms. The molecule has 1 unspecified atom stereocenters. The van der Waals surface area contributed by atoms with Gasteiger partial charge < -0.3 is 4.90 Å². The van der Waals surface area contributed by atoms with E-state index in [1.807, 2.05) is 0 Å². The first-order valence-corrected chi connectivity index (χ1v) is 5.42. The van der Waals surface area contributed by atoms with Crippen LogP contribution in [0.4, 0.5) is 0 Å². The highest BCUT2D eigenvalue weighted by atomic mass is 35.5. The lowest BCUT2D eigenvalue weighted by atomic mass is 10.2. The number of nitrogens with zero attached hydrogens (tertiary/aromatic N) is 3. The maximum Gasteiger partial charge on any atom is 0.256 e. The van der Waals surface area contributed by atoms with Crippen molar-refractivity contribution in [2.45, 2.75) is 18.9 Å². The smallest absolute Gasteiger partial charge is 0.256 e. The molecule has 2 rings (SSSR count). The number of hydrogen-bond acceptors (Lipinski definition) is 3. The van der Waals surface area contributed by atoms with Crippen molar-refractivity contribution in [3.63, 3.8) is 0 Å². The number of hydrogen-bond donors (Lipinski definition) is 0. The molecule has 0 aliphatic carbocycles. The molecular formula is C11H10ClN3O. The lowest BCUT2D eigenvalue weighted by Crippen LogP contribution is -2.34. The minimum absolute atomic E-state index is 0.184. The molecule has 82 valence electrons. The molecule has 0 spiro atoms. The Morgan fingerprint density at radius 2 is 2.50 bits per heavy atom. The van der Waals surface area contributed by atoms with Gasteiger partial charge in [-0.1, -0.05) is 11.6 Å². The van der Waals surface area contributed by atoms with Gasteiger partial charge in [0.15, 0.2) is 0 Å². The Morgan fingerprint density at radius 3 is 3.19 bits per heavy atom. The van der Waals surface area contributed by atoms with Crippen molar-refractivity contribution in [1.29, 1.82) is 5.26 Å². The predicted octanol–water partition coefficient (Wildman–Crippen LogP) is 1.86. The third kappa shape index (κ3) is 1.86. The summed E-state index contributed by atoms with van der Waals surface area (Å²) >= 11 is 5.90. The van der Waals surface area contributed by atoms with Crippen molar-refractivity contribution in [3.8, 4) is 6.07 Å². The second kappa shape index (κ2) is 4.50. The van der Waals surface area contributed by atoms with Crippen molar-refractivity contribution in [2.24, 2.45) is 0 Å². The van der Waals surface area contributed by atoms with Crippen molar-refractivity contribution >= 4 is 17.5 Å². The molecule has 0 saturated carbocycles. The van der Waals surface area contributed by atoms with Crippen LogP contribution in [0.5, 0.6) is 0 Å². The fraction of sp³-hybridized carbons (Fsp3) is 0.364. The van der Waals surface area contributed by atoms with Gasteiger partial charge in [-0.2, -0.15) is 5.26 Å². The largest absolute Gasteiger partial charge is 0.323 e. The SMILES string of the molecule is N#CC1CCCN1C(=O)c1ccncc1Cl. The van der Waals surface area contributed by atoms with Crippen molar-refractivity contribution < 1.29 is 4.79 Å². The molecule has 0 radical (unpaired) electrons. The number of pyridine rings is 1. The van der Waals surface area contributed by atoms with Crippen LogP contribution in [0.25, 0.3) is 0 Å². The van der Waals surface area contributed by atoms with Crippen LogP contribution in [0.1, 0.15) is 23.2 Å². The van der Waals surface area contributed by atoms with E-state index in [2.05, 4.69) is 11.1 Å². The quantitative estimate of drug-likeness (QED) is 0.747. The van der Waals surface area contributed by atoms with Gasteiger partial charge in [0.1, 0.15) is 6.04 Å². The first-order valence-electron chi connectivity index (χ1n) is 5.04. The zero-order chi connectivity index (χ0) is 11.5. The van der Waals surface area contributed by atoms with Crippen LogP contribution in [-0.4, -0.2) is 28.4 Å². The molecule has 1 fully saturated rings. The molecule has 1 saturated heterocycles. The highest BCUT2D eigenvalue weighted by molar-refractivity contribution is 6.33. The van der Waals surface area contributed by atoms with Crippen molar-refractivity contribution in [2.75, 3.05) is 6.54 Å². The summed E-state index contributed by atoms with van der Waals surface area (Å²) in [5, 5.41) is 9.24. The number of rotatable bonds is 1. The molecule has 1 atom stereocenters. The average Bonchev–Trinajstić information content (AvgIpc) is 2.77. The lowest BCUT2D eigenvalue weighted by molar-refractivity contribution is 0.0765. The summed E-state index contributed by atoms with van der Waals surface area (Å²) in [5.74, 6) is -0.184. The Balaban J connectivity index is 2.26. The van der Waals surface area contributed by atoms with E-state index in [1.54, 1.807) is 11.0 Å². The Bertz CT molecular complexity index is 455. The summed E-state index contributed by atoms with van der Waals surface area (Å²) in [5.41, 5.74) is 0.416. The Hall–Kier alpha value is -1.60. The fourth-order valence-electron chi connectivity index (χ4n) is 1.85. The first-order chi connectivity index (χ1) is 7.74. The number of carbonyl (C=O) groups is 1. The first kappa shape index (κ1) is 10.9. The van der Waals surface area contributed by atoms with Gasteiger partial charge in [-0.05, 0) is 18.9 Å². The minimum Gasteiger partial charge on any atom is -0.323 e. The summed E-state index contributed by atoms with van der Waals surface area (Å²) in [6, 6.07) is 3.39. The zero-order valence-electron chi connectivity index (χ0n) is 8.56. The molecule has 1 aromatic heterocycles. The van der Waals surface area contributed by atoms with Crippen molar-refractivity contribution in [1.82, 2.24) is 9.88 Å². The van der Waals surface area contributed by atoms with Gasteiger partial charge in [0.2, 0.25) is 0 Å². The molecule has 0 bridgehead atoms. The van der Waals surface area contributed by atoms with Crippen molar-refractivity contribution in [3.05, 3.63) is 29.0 Å². The topological polar surface area (TPSA) is 57.0 Å². The fourth-order valence-corrected chi connectivity index (χ4v) is 2.05. The molecule has 1 aliphatic rings. The van der Waals surface area contributed by atoms with Gasteiger partial charge in [-0.3, -0.25) is 9.78 Å². The average molecular weight is 236 g/mol. The number of amides is 1. The molecule has 2 heterocycles. The van der Waals surface area contributed by atoms with E-state index in [9.17, 15) is 4.79 Å². The summed E-state index contributed by atoms with van der Waals surface area (Å²) in [6.07, 6.45) is 4.57. The highest BCUT2D eigenvalue weighted by Gasteiger charge is 2.30. The second-order valence-corrected chi connectivity index (χ2v) is 4.05. The Kier molecular flexibility index (Phi) is 3.07. The van der Waals surface area contributed by atoms with E-state index in [0.29, 0.717) is 17.1 Å². The molecule has 4 nitrogen and oxygen atoms in total. The molecule has 0 N–H and O–H groups in total. The highest BCUT2D eigenvalue weighted by Crippen LogP contribution is 2.22. The molecule has 0 aromatic carbocycles. The standard InChI is InChI=1S/C11H10ClN3O/c12-10-7-14-4-3-9(10)11(16)15-5-1-2-8(15)6-13/h3-4,7-8H,1-2,5H2.